The van der Waals surface area contributed by atoms with Gasteiger partial charge in [0.2, 0.25) is 0 Å². The molecule has 9 heteroatoms. The first-order valence-electron chi connectivity index (χ1n) is 36.4. The average Bonchev–Trinajstić information content (AvgIpc) is 3.59. The summed E-state index contributed by atoms with van der Waals surface area (Å²) in [4.78, 5) is 37.5. The van der Waals surface area contributed by atoms with Crippen LogP contribution in [0.2, 0.25) is 0 Å². The number of esters is 2. The number of rotatable bonds is 67. The Morgan fingerprint density at radius 1 is 0.356 bits per heavy atom. The number of hydrogen-bond acceptors (Lipinski definition) is 8. The predicted octanol–water partition coefficient (Wildman–Crippen LogP) is 21.5. The van der Waals surface area contributed by atoms with Gasteiger partial charge in [-0.3, -0.25) is 9.59 Å². The third-order valence-corrected chi connectivity index (χ3v) is 15.8. The Balaban J connectivity index is 4.08. The quantitative estimate of drug-likeness (QED) is 0.0195. The molecule has 0 N–H and O–H groups in total. The smallest absolute Gasteiger partial charge is 0.306 e. The Morgan fingerprint density at radius 3 is 1.00 bits per heavy atom. The standard InChI is InChI=1S/C78H137NO8/c1-6-8-10-12-14-16-18-20-22-24-26-28-30-32-33-34-35-36-37-38-39-40-41-42-43-45-46-48-50-52-54-56-58-60-62-64-66-68-75(80)85-72-74(73-86-78(77(82)83)84-71-70-79(3,4)5)87-76(81)69-67-65-63-61-59-57-55-53-51-49-47-44-31-29-27-25-23-21-19-17-15-13-11-9-7-2/h9,11,15,17,21,23-24,26-27,29,44,47,51,53,57,59,74,78H,6-8,10,12-14,16,18-20,22,25,28,30-43,45-46,48-50,52,54-56,58,60-73H2,1-5H3/b11-9-,17-15-,23-21-,26-24-,29-27-,47-44-,53-51-,59-57-. The van der Waals surface area contributed by atoms with Crippen molar-refractivity contribution in [3.63, 3.8) is 0 Å². The maximum atomic E-state index is 12.9. The van der Waals surface area contributed by atoms with Gasteiger partial charge < -0.3 is 33.3 Å². The fourth-order valence-corrected chi connectivity index (χ4v) is 10.3. The van der Waals surface area contributed by atoms with Crippen LogP contribution in [0, 0.1) is 0 Å². The molecule has 0 saturated heterocycles. The van der Waals surface area contributed by atoms with Crippen LogP contribution < -0.4 is 5.11 Å². The van der Waals surface area contributed by atoms with Crippen molar-refractivity contribution < 1.29 is 42.9 Å². The highest BCUT2D eigenvalue weighted by molar-refractivity contribution is 5.70. The lowest BCUT2D eigenvalue weighted by atomic mass is 10.0. The highest BCUT2D eigenvalue weighted by Gasteiger charge is 2.22. The molecule has 0 saturated carbocycles. The molecule has 0 aliphatic carbocycles. The van der Waals surface area contributed by atoms with Crippen LogP contribution in [0.15, 0.2) is 97.2 Å². The lowest BCUT2D eigenvalue weighted by molar-refractivity contribution is -0.870. The largest absolute Gasteiger partial charge is 0.545 e. The number of nitrogens with zero attached hydrogens (tertiary/aromatic N) is 1. The number of ether oxygens (including phenoxy) is 4. The molecule has 0 aromatic carbocycles. The molecule has 0 fully saturated rings. The lowest BCUT2D eigenvalue weighted by Crippen LogP contribution is -2.44. The van der Waals surface area contributed by atoms with E-state index in [4.69, 9.17) is 18.9 Å². The summed E-state index contributed by atoms with van der Waals surface area (Å²) in [6, 6.07) is 0. The van der Waals surface area contributed by atoms with Gasteiger partial charge in [0.25, 0.3) is 0 Å². The summed E-state index contributed by atoms with van der Waals surface area (Å²) in [6.07, 6.45) is 90.9. The third kappa shape index (κ3) is 69.5. The van der Waals surface area contributed by atoms with E-state index in [1.54, 1.807) is 0 Å². The van der Waals surface area contributed by atoms with E-state index in [9.17, 15) is 19.5 Å². The lowest BCUT2D eigenvalue weighted by Gasteiger charge is -2.26. The number of carbonyl (C=O) groups excluding carboxylic acids is 3. The van der Waals surface area contributed by atoms with Gasteiger partial charge in [-0.2, -0.15) is 0 Å². The van der Waals surface area contributed by atoms with Gasteiger partial charge >= 0.3 is 11.9 Å². The summed E-state index contributed by atoms with van der Waals surface area (Å²) in [6.45, 7) is 4.62. The summed E-state index contributed by atoms with van der Waals surface area (Å²) < 4.78 is 22.8. The molecule has 2 unspecified atom stereocenters. The maximum Gasteiger partial charge on any atom is 0.306 e. The normalized spacial score (nSPS) is 13.3. The molecular weight excluding hydrogens is 1080 g/mol. The zero-order valence-electron chi connectivity index (χ0n) is 57.4. The van der Waals surface area contributed by atoms with Gasteiger partial charge in [-0.1, -0.05) is 310 Å². The second-order valence-electron chi connectivity index (χ2n) is 25.5. The second kappa shape index (κ2) is 68.1. The number of carboxylic acid groups (broad SMARTS) is 1. The van der Waals surface area contributed by atoms with Crippen molar-refractivity contribution in [1.29, 1.82) is 0 Å². The summed E-state index contributed by atoms with van der Waals surface area (Å²) >= 11 is 0. The predicted molar refractivity (Wildman–Crippen MR) is 371 cm³/mol. The van der Waals surface area contributed by atoms with Gasteiger partial charge in [-0.25, -0.2) is 0 Å². The van der Waals surface area contributed by atoms with Crippen LogP contribution in [0.5, 0.6) is 0 Å². The number of carboxylic acids is 1. The van der Waals surface area contributed by atoms with Crippen LogP contribution in [0.25, 0.3) is 0 Å². The Hall–Kier alpha value is -3.79. The van der Waals surface area contributed by atoms with E-state index in [-0.39, 0.29) is 38.6 Å². The van der Waals surface area contributed by atoms with E-state index in [0.717, 1.165) is 83.5 Å². The average molecular weight is 1220 g/mol. The molecule has 0 bridgehead atoms. The van der Waals surface area contributed by atoms with Crippen molar-refractivity contribution in [2.45, 2.75) is 334 Å². The first kappa shape index (κ1) is 83.2. The van der Waals surface area contributed by atoms with Gasteiger partial charge in [0.15, 0.2) is 12.4 Å². The van der Waals surface area contributed by atoms with Crippen molar-refractivity contribution in [1.82, 2.24) is 0 Å². The molecule has 0 amide bonds. The van der Waals surface area contributed by atoms with E-state index in [0.29, 0.717) is 17.4 Å². The summed E-state index contributed by atoms with van der Waals surface area (Å²) in [5.74, 6) is -2.32. The number of carbonyl (C=O) groups is 3. The SMILES string of the molecule is CC/C=C\C/C=C\C/C=C\C/C=C\C/C=C\C/C=C\C/C=C\CCCCCC(=O)OC(COC(=O)CCCCCCCCCCCCCCCCCCCCCCCCCCC/C=C\CCCCCCCCCC)COC(OCC[N+](C)(C)C)C(=O)[O-]. The zero-order valence-corrected chi connectivity index (χ0v) is 57.4. The van der Waals surface area contributed by atoms with Crippen molar-refractivity contribution in [2.75, 3.05) is 47.5 Å². The molecule has 0 radical (unpaired) electrons. The van der Waals surface area contributed by atoms with E-state index < -0.39 is 24.3 Å². The molecule has 0 aliphatic rings. The first-order valence-corrected chi connectivity index (χ1v) is 36.4. The highest BCUT2D eigenvalue weighted by Crippen LogP contribution is 2.18. The van der Waals surface area contributed by atoms with E-state index in [1.165, 1.54) is 205 Å². The highest BCUT2D eigenvalue weighted by atomic mass is 16.7. The Kier molecular flexibility index (Phi) is 65.2. The molecule has 0 rings (SSSR count). The molecule has 0 spiro atoms. The molecule has 0 aromatic heterocycles. The first-order chi connectivity index (χ1) is 42.6. The van der Waals surface area contributed by atoms with Gasteiger partial charge in [0, 0.05) is 12.8 Å². The number of hydrogen-bond donors (Lipinski definition) is 0. The number of aliphatic carboxylic acids is 1. The molecule has 2 atom stereocenters. The van der Waals surface area contributed by atoms with Crippen LogP contribution in [0.4, 0.5) is 0 Å². The van der Waals surface area contributed by atoms with Crippen LogP contribution in [-0.2, 0) is 33.3 Å². The van der Waals surface area contributed by atoms with Crippen molar-refractivity contribution in [3.8, 4) is 0 Å². The number of allylic oxidation sites excluding steroid dienone is 16. The number of likely N-dealkylation sites (N-methyl/N-ethyl adjacent to an activating group) is 1. The molecule has 9 nitrogen and oxygen atoms in total. The maximum absolute atomic E-state index is 12.9. The number of unbranched alkanes of at least 4 members (excludes halogenated alkanes) is 36. The molecule has 87 heavy (non-hydrogen) atoms. The summed E-state index contributed by atoms with van der Waals surface area (Å²) in [5.41, 5.74) is 0. The van der Waals surface area contributed by atoms with E-state index in [1.807, 2.05) is 21.1 Å². The van der Waals surface area contributed by atoms with E-state index >= 15 is 0 Å². The monoisotopic (exact) mass is 1220 g/mol. The van der Waals surface area contributed by atoms with Gasteiger partial charge in [0.1, 0.15) is 13.2 Å². The van der Waals surface area contributed by atoms with Crippen LogP contribution >= 0.6 is 0 Å². The Bertz CT molecular complexity index is 1750. The molecule has 0 aliphatic heterocycles. The van der Waals surface area contributed by atoms with Gasteiger partial charge in [0.05, 0.1) is 40.3 Å². The van der Waals surface area contributed by atoms with Crippen molar-refractivity contribution in [2.24, 2.45) is 0 Å². The minimum Gasteiger partial charge on any atom is -0.545 e. The van der Waals surface area contributed by atoms with Crippen LogP contribution in [0.1, 0.15) is 322 Å². The van der Waals surface area contributed by atoms with E-state index in [2.05, 4.69) is 111 Å². The van der Waals surface area contributed by atoms with Crippen LogP contribution in [0.3, 0.4) is 0 Å². The van der Waals surface area contributed by atoms with Gasteiger partial charge in [-0.05, 0) is 96.3 Å². The molecule has 0 heterocycles. The second-order valence-corrected chi connectivity index (χ2v) is 25.5. The Morgan fingerprint density at radius 2 is 0.655 bits per heavy atom. The summed E-state index contributed by atoms with van der Waals surface area (Å²) in [5, 5.41) is 11.8. The molecular formula is C78H137NO8. The fourth-order valence-electron chi connectivity index (χ4n) is 10.3. The Labute approximate surface area is 537 Å². The minimum atomic E-state index is -1.64. The number of quaternary nitrogens is 1. The van der Waals surface area contributed by atoms with Crippen molar-refractivity contribution >= 4 is 17.9 Å². The van der Waals surface area contributed by atoms with Crippen molar-refractivity contribution in [3.05, 3.63) is 97.2 Å². The topological polar surface area (TPSA) is 111 Å². The molecule has 0 aromatic rings. The fraction of sp³-hybridized carbons (Fsp3) is 0.756. The summed E-state index contributed by atoms with van der Waals surface area (Å²) in [7, 11) is 5.92. The van der Waals surface area contributed by atoms with Gasteiger partial charge in [-0.15, -0.1) is 0 Å². The molecule has 502 valence electrons. The zero-order chi connectivity index (χ0) is 63.3. The van der Waals surface area contributed by atoms with Crippen LogP contribution in [-0.4, -0.2) is 82.3 Å². The minimum absolute atomic E-state index is 0.137. The third-order valence-electron chi connectivity index (χ3n) is 15.8.